The molecule has 29 heavy (non-hydrogen) atoms. The van der Waals surface area contributed by atoms with Gasteiger partial charge in [0.2, 0.25) is 5.95 Å². The third-order valence-electron chi connectivity index (χ3n) is 5.02. The second-order valence-corrected chi connectivity index (χ2v) is 7.26. The molecule has 4 aromatic rings. The molecule has 4 aromatic heterocycles. The highest BCUT2D eigenvalue weighted by Crippen LogP contribution is 2.29. The number of carbonyl (C=O) groups is 1. The molecular weight excluding hydrogens is 397 g/mol. The minimum absolute atomic E-state index is 0.196. The van der Waals surface area contributed by atoms with Crippen molar-refractivity contribution in [3.63, 3.8) is 0 Å². The molecule has 0 spiro atoms. The molecule has 1 unspecified atom stereocenters. The predicted molar refractivity (Wildman–Crippen MR) is 103 cm³/mol. The number of aromatic nitrogens is 6. The van der Waals surface area contributed by atoms with Crippen LogP contribution in [0.2, 0.25) is 5.02 Å². The summed E-state index contributed by atoms with van der Waals surface area (Å²) < 4.78 is 16.6. The highest BCUT2D eigenvalue weighted by molar-refractivity contribution is 6.30. The van der Waals surface area contributed by atoms with Crippen LogP contribution in [0.3, 0.4) is 0 Å². The van der Waals surface area contributed by atoms with Gasteiger partial charge >= 0.3 is 0 Å². The number of rotatable bonds is 2. The van der Waals surface area contributed by atoms with Crippen LogP contribution in [0.1, 0.15) is 29.3 Å². The highest BCUT2D eigenvalue weighted by atomic mass is 35.5. The second kappa shape index (κ2) is 6.63. The Morgan fingerprint density at radius 2 is 2.07 bits per heavy atom. The third kappa shape index (κ3) is 3.03. The summed E-state index contributed by atoms with van der Waals surface area (Å²) in [6.07, 6.45) is 6.47. The lowest BCUT2D eigenvalue weighted by molar-refractivity contribution is 0.0631. The molecule has 0 radical (unpaired) electrons. The molecule has 10 heteroatoms. The van der Waals surface area contributed by atoms with E-state index in [1.54, 1.807) is 23.2 Å². The van der Waals surface area contributed by atoms with Crippen LogP contribution in [0.25, 0.3) is 16.9 Å². The summed E-state index contributed by atoms with van der Waals surface area (Å²) in [6, 6.07) is 4.33. The van der Waals surface area contributed by atoms with Crippen LogP contribution >= 0.6 is 11.6 Å². The van der Waals surface area contributed by atoms with Crippen LogP contribution in [0, 0.1) is 5.95 Å². The van der Waals surface area contributed by atoms with Crippen molar-refractivity contribution >= 4 is 23.2 Å². The minimum atomic E-state index is -0.536. The zero-order valence-corrected chi connectivity index (χ0v) is 16.1. The maximum Gasteiger partial charge on any atom is 0.275 e. The van der Waals surface area contributed by atoms with Gasteiger partial charge < -0.3 is 9.47 Å². The Kier molecular flexibility index (Phi) is 4.06. The van der Waals surface area contributed by atoms with Crippen molar-refractivity contribution in [2.45, 2.75) is 19.5 Å². The van der Waals surface area contributed by atoms with Crippen molar-refractivity contribution in [2.24, 2.45) is 0 Å². The van der Waals surface area contributed by atoms with E-state index < -0.39 is 5.95 Å². The van der Waals surface area contributed by atoms with Crippen molar-refractivity contribution in [3.8, 4) is 11.3 Å². The van der Waals surface area contributed by atoms with E-state index in [0.29, 0.717) is 35.1 Å². The number of hydrogen-bond donors (Lipinski definition) is 0. The molecule has 0 bridgehead atoms. The Balaban J connectivity index is 1.44. The Morgan fingerprint density at radius 3 is 2.86 bits per heavy atom. The SMILES string of the molecule is CC1c2nc(-c3ccc(F)nc3)cn2CCN1C(=O)c1cc2ncc(Cl)cn2n1. The van der Waals surface area contributed by atoms with Gasteiger partial charge in [-0.1, -0.05) is 11.6 Å². The molecule has 0 fully saturated rings. The molecule has 8 nitrogen and oxygen atoms in total. The Bertz CT molecular complexity index is 1230. The molecule has 0 saturated carbocycles. The molecular formula is C19H15ClFN7O. The normalized spacial score (nSPS) is 16.2. The fourth-order valence-electron chi connectivity index (χ4n) is 3.54. The van der Waals surface area contributed by atoms with Gasteiger partial charge in [0.1, 0.15) is 5.82 Å². The summed E-state index contributed by atoms with van der Waals surface area (Å²) in [4.78, 5) is 27.3. The summed E-state index contributed by atoms with van der Waals surface area (Å²) >= 11 is 5.94. The van der Waals surface area contributed by atoms with Gasteiger partial charge in [0.25, 0.3) is 5.91 Å². The second-order valence-electron chi connectivity index (χ2n) is 6.83. The van der Waals surface area contributed by atoms with E-state index in [1.807, 2.05) is 17.7 Å². The zero-order valence-electron chi connectivity index (χ0n) is 15.3. The van der Waals surface area contributed by atoms with Crippen LogP contribution in [-0.4, -0.2) is 46.5 Å². The van der Waals surface area contributed by atoms with E-state index in [1.165, 1.54) is 23.0 Å². The largest absolute Gasteiger partial charge is 0.331 e. The molecule has 0 aliphatic carbocycles. The molecule has 0 saturated heterocycles. The van der Waals surface area contributed by atoms with Crippen molar-refractivity contribution in [2.75, 3.05) is 6.54 Å². The summed E-state index contributed by atoms with van der Waals surface area (Å²) in [5.41, 5.74) is 2.27. The van der Waals surface area contributed by atoms with Crippen molar-refractivity contribution in [3.05, 3.63) is 65.5 Å². The van der Waals surface area contributed by atoms with E-state index in [9.17, 15) is 9.18 Å². The number of hydrogen-bond acceptors (Lipinski definition) is 5. The summed E-state index contributed by atoms with van der Waals surface area (Å²) in [6.45, 7) is 3.05. The first-order chi connectivity index (χ1) is 14.0. The number of halogens is 2. The number of imidazole rings is 1. The van der Waals surface area contributed by atoms with Crippen molar-refractivity contribution in [1.29, 1.82) is 0 Å². The fraction of sp³-hybridized carbons (Fsp3) is 0.211. The standard InChI is InChI=1S/C19H15ClFN7O/c1-11-18-24-15(12-2-3-16(21)22-7-12)10-26(18)4-5-27(11)19(29)14-6-17-23-8-13(20)9-28(17)25-14/h2-3,6-11H,4-5H2,1H3. The van der Waals surface area contributed by atoms with Gasteiger partial charge in [-0.25, -0.2) is 19.5 Å². The summed E-state index contributed by atoms with van der Waals surface area (Å²) in [5.74, 6) is 0.0262. The van der Waals surface area contributed by atoms with Gasteiger partial charge in [0.05, 0.1) is 23.0 Å². The molecule has 1 atom stereocenters. The first-order valence-corrected chi connectivity index (χ1v) is 9.38. The van der Waals surface area contributed by atoms with Crippen molar-refractivity contribution < 1.29 is 9.18 Å². The lowest BCUT2D eigenvalue weighted by atomic mass is 10.2. The quantitative estimate of drug-likeness (QED) is 0.474. The number of amides is 1. The lowest BCUT2D eigenvalue weighted by Gasteiger charge is -2.33. The fourth-order valence-corrected chi connectivity index (χ4v) is 3.68. The molecule has 0 aromatic carbocycles. The molecule has 1 aliphatic heterocycles. The molecule has 1 amide bonds. The molecule has 146 valence electrons. The number of carbonyl (C=O) groups excluding carboxylic acids is 1. The van der Waals surface area contributed by atoms with Crippen LogP contribution in [0.15, 0.2) is 43.0 Å². The summed E-state index contributed by atoms with van der Waals surface area (Å²) in [5, 5.41) is 4.75. The minimum Gasteiger partial charge on any atom is -0.331 e. The van der Waals surface area contributed by atoms with Crippen LogP contribution in [-0.2, 0) is 6.54 Å². The first kappa shape index (κ1) is 17.7. The van der Waals surface area contributed by atoms with E-state index in [-0.39, 0.29) is 11.9 Å². The maximum atomic E-state index is 13.1. The molecule has 5 heterocycles. The van der Waals surface area contributed by atoms with Gasteiger partial charge in [-0.05, 0) is 19.1 Å². The van der Waals surface area contributed by atoms with Gasteiger partial charge in [-0.2, -0.15) is 9.49 Å². The molecule has 5 rings (SSSR count). The Labute approximate surface area is 169 Å². The van der Waals surface area contributed by atoms with Gasteiger partial charge in [-0.3, -0.25) is 4.79 Å². The van der Waals surface area contributed by atoms with Gasteiger partial charge in [0, 0.05) is 43.3 Å². The van der Waals surface area contributed by atoms with Crippen LogP contribution in [0.5, 0.6) is 0 Å². The molecule has 0 N–H and O–H groups in total. The van der Waals surface area contributed by atoms with E-state index in [0.717, 1.165) is 11.4 Å². The number of pyridine rings is 1. The maximum absolute atomic E-state index is 13.1. The Morgan fingerprint density at radius 1 is 1.21 bits per heavy atom. The zero-order chi connectivity index (χ0) is 20.1. The number of fused-ring (bicyclic) bond motifs is 2. The highest BCUT2D eigenvalue weighted by Gasteiger charge is 2.31. The average molecular weight is 412 g/mol. The van der Waals surface area contributed by atoms with E-state index in [4.69, 9.17) is 11.6 Å². The van der Waals surface area contributed by atoms with Gasteiger partial charge in [0.15, 0.2) is 11.3 Å². The molecule has 1 aliphatic rings. The topological polar surface area (TPSA) is 81.2 Å². The van der Waals surface area contributed by atoms with E-state index in [2.05, 4.69) is 20.1 Å². The lowest BCUT2D eigenvalue weighted by Crippen LogP contribution is -2.41. The van der Waals surface area contributed by atoms with Crippen LogP contribution < -0.4 is 0 Å². The smallest absolute Gasteiger partial charge is 0.275 e. The van der Waals surface area contributed by atoms with Crippen molar-refractivity contribution in [1.82, 2.24) is 34.0 Å². The average Bonchev–Trinajstić information content (AvgIpc) is 3.32. The number of nitrogens with zero attached hydrogens (tertiary/aromatic N) is 7. The van der Waals surface area contributed by atoms with Gasteiger partial charge in [-0.15, -0.1) is 0 Å². The van der Waals surface area contributed by atoms with E-state index >= 15 is 0 Å². The first-order valence-electron chi connectivity index (χ1n) is 9.00. The third-order valence-corrected chi connectivity index (χ3v) is 5.21. The van der Waals surface area contributed by atoms with Crippen LogP contribution in [0.4, 0.5) is 4.39 Å². The predicted octanol–water partition coefficient (Wildman–Crippen LogP) is 3.00. The summed E-state index contributed by atoms with van der Waals surface area (Å²) in [7, 11) is 0. The Hall–Kier alpha value is -3.33. The monoisotopic (exact) mass is 411 g/mol.